The Morgan fingerprint density at radius 1 is 1.12 bits per heavy atom. The van der Waals surface area contributed by atoms with Crippen molar-refractivity contribution in [1.82, 2.24) is 0 Å². The Bertz CT molecular complexity index is 322. The highest BCUT2D eigenvalue weighted by Crippen LogP contribution is 2.26. The number of hydrogen-bond donors (Lipinski definition) is 0. The normalized spacial score (nSPS) is 24.1. The molecule has 1 aromatic carbocycles. The molecule has 0 spiro atoms. The molecule has 17 heavy (non-hydrogen) atoms. The van der Waals surface area contributed by atoms with Crippen LogP contribution in [0.25, 0.3) is 0 Å². The van der Waals surface area contributed by atoms with Crippen LogP contribution in [-0.2, 0) is 10.9 Å². The van der Waals surface area contributed by atoms with E-state index in [0.717, 1.165) is 5.92 Å². The van der Waals surface area contributed by atoms with Gasteiger partial charge in [-0.3, -0.25) is 0 Å². The highest BCUT2D eigenvalue weighted by molar-refractivity contribution is 7.97. The van der Waals surface area contributed by atoms with E-state index in [0.29, 0.717) is 10.9 Å². The second kappa shape index (κ2) is 6.58. The summed E-state index contributed by atoms with van der Waals surface area (Å²) in [7, 11) is -4.37. The van der Waals surface area contributed by atoms with Gasteiger partial charge in [0.15, 0.2) is 4.90 Å². The van der Waals surface area contributed by atoms with Crippen LogP contribution in [-0.4, -0.2) is 11.5 Å². The molecule has 0 radical (unpaired) electrons. The van der Waals surface area contributed by atoms with E-state index in [1.807, 2.05) is 0 Å². The second-order valence-electron chi connectivity index (χ2n) is 3.95. The van der Waals surface area contributed by atoms with Crippen LogP contribution in [0.1, 0.15) is 13.3 Å². The number of hydrogen-bond acceptors (Lipinski definition) is 4. The number of halogens is 1. The Kier molecular flexibility index (Phi) is 5.72. The molecule has 1 saturated heterocycles. The van der Waals surface area contributed by atoms with Crippen molar-refractivity contribution in [2.75, 3.05) is 11.5 Å². The van der Waals surface area contributed by atoms with Gasteiger partial charge in [-0.25, -0.2) is 18.6 Å². The first kappa shape index (κ1) is 14.8. The van der Waals surface area contributed by atoms with Gasteiger partial charge in [0.05, 0.1) is 0 Å². The van der Waals surface area contributed by atoms with Gasteiger partial charge >= 0.3 is 0 Å². The molecule has 2 rings (SSSR count). The average Bonchev–Trinajstić information content (AvgIpc) is 2.64. The van der Waals surface area contributed by atoms with Gasteiger partial charge in [-0.15, -0.1) is 10.2 Å². The molecule has 0 N–H and O–H groups in total. The van der Waals surface area contributed by atoms with Crippen LogP contribution >= 0.6 is 0 Å². The zero-order valence-electron chi connectivity index (χ0n) is 9.50. The molecule has 1 aromatic rings. The van der Waals surface area contributed by atoms with Crippen molar-refractivity contribution in [3.05, 3.63) is 30.3 Å². The molecule has 0 bridgehead atoms. The Labute approximate surface area is 106 Å². The number of rotatable bonds is 1. The van der Waals surface area contributed by atoms with Gasteiger partial charge in [0.25, 0.3) is 0 Å². The van der Waals surface area contributed by atoms with E-state index in [1.165, 1.54) is 17.9 Å². The maximum Gasteiger partial charge on any atom is 0.154 e. The van der Waals surface area contributed by atoms with Crippen LogP contribution in [0.3, 0.4) is 0 Å². The van der Waals surface area contributed by atoms with Crippen LogP contribution in [0.15, 0.2) is 35.2 Å². The first-order valence-corrected chi connectivity index (χ1v) is 8.00. The lowest BCUT2D eigenvalue weighted by Crippen LogP contribution is -2.68. The smallest absolute Gasteiger partial charge is 0.154 e. The molecular formula is C11H15ClO4S. The molecule has 1 heterocycles. The molecule has 0 saturated carbocycles. The van der Waals surface area contributed by atoms with E-state index in [-0.39, 0.29) is 0 Å². The van der Waals surface area contributed by atoms with Gasteiger partial charge in [-0.05, 0) is 18.6 Å². The Hall–Kier alpha value is -0.300. The molecule has 1 aliphatic heterocycles. The molecule has 0 amide bonds. The summed E-state index contributed by atoms with van der Waals surface area (Å²) in [5, 5.41) is 0. The topological polar surface area (TPSA) is 92.2 Å². The average molecular weight is 279 g/mol. The summed E-state index contributed by atoms with van der Waals surface area (Å²) < 4.78 is 34.0. The minimum absolute atomic E-state index is 0.579. The molecule has 1 unspecified atom stereocenters. The summed E-state index contributed by atoms with van der Waals surface area (Å²) >= 11 is 0. The van der Waals surface area contributed by atoms with Crippen LogP contribution in [0.4, 0.5) is 0 Å². The molecule has 1 aliphatic rings. The second-order valence-corrected chi connectivity index (χ2v) is 6.90. The summed E-state index contributed by atoms with van der Waals surface area (Å²) in [5.74, 6) is 3.79. The molecule has 96 valence electrons. The predicted molar refractivity (Wildman–Crippen MR) is 55.6 cm³/mol. The third-order valence-corrected chi connectivity index (χ3v) is 5.06. The lowest BCUT2D eigenvalue weighted by Gasteiger charge is -2.17. The van der Waals surface area contributed by atoms with Crippen molar-refractivity contribution in [2.45, 2.75) is 18.2 Å². The molecule has 6 heteroatoms. The minimum Gasteiger partial charge on any atom is -0.222 e. The van der Waals surface area contributed by atoms with Gasteiger partial charge in [0.1, 0.15) is 11.5 Å². The monoisotopic (exact) mass is 278 g/mol. The Morgan fingerprint density at radius 2 is 1.65 bits per heavy atom. The summed E-state index contributed by atoms with van der Waals surface area (Å²) in [5.41, 5.74) is 0. The molecule has 2 atom stereocenters. The van der Waals surface area contributed by atoms with Crippen molar-refractivity contribution in [3.8, 4) is 0 Å². The van der Waals surface area contributed by atoms with E-state index in [2.05, 4.69) is 37.3 Å². The first-order valence-electron chi connectivity index (χ1n) is 5.20. The summed E-state index contributed by atoms with van der Waals surface area (Å²) in [4.78, 5) is 1.57. The van der Waals surface area contributed by atoms with Crippen LogP contribution < -0.4 is 18.6 Å². The van der Waals surface area contributed by atoms with E-state index >= 15 is 0 Å². The highest BCUT2D eigenvalue weighted by atomic mass is 35.7. The fourth-order valence-corrected chi connectivity index (χ4v) is 4.36. The molecular weight excluding hydrogens is 264 g/mol. The van der Waals surface area contributed by atoms with Gasteiger partial charge < -0.3 is 0 Å². The predicted octanol–water partition coefficient (Wildman–Crippen LogP) is -2.05. The van der Waals surface area contributed by atoms with E-state index in [4.69, 9.17) is 18.6 Å². The zero-order chi connectivity index (χ0) is 12.9. The van der Waals surface area contributed by atoms with E-state index in [9.17, 15) is 0 Å². The maximum atomic E-state index is 8.49. The fourth-order valence-electron chi connectivity index (χ4n) is 1.68. The van der Waals surface area contributed by atoms with Gasteiger partial charge in [0.2, 0.25) is 0 Å². The molecule has 4 nitrogen and oxygen atoms in total. The zero-order valence-corrected chi connectivity index (χ0v) is 11.1. The van der Waals surface area contributed by atoms with Gasteiger partial charge in [-0.1, -0.05) is 25.1 Å². The van der Waals surface area contributed by atoms with Gasteiger partial charge in [-0.2, -0.15) is 0 Å². The van der Waals surface area contributed by atoms with Crippen molar-refractivity contribution in [3.63, 3.8) is 0 Å². The standard InChI is InChI=1S/C11H15S.ClHO4/c1-10-7-8-12(9-10)11-5-3-2-4-6-11;2-1(3,4)5/h2-6,10H,7-9H2,1H3;(H,2,3,4,5)/q+1;/p-1/t10-,12?;/m1./s1. The number of benzene rings is 1. The van der Waals surface area contributed by atoms with Crippen molar-refractivity contribution < 1.29 is 28.9 Å². The lowest BCUT2D eigenvalue weighted by atomic mass is 10.2. The summed E-state index contributed by atoms with van der Waals surface area (Å²) in [6.45, 7) is 2.37. The van der Waals surface area contributed by atoms with Crippen molar-refractivity contribution in [1.29, 1.82) is 0 Å². The third-order valence-electron chi connectivity index (χ3n) is 2.42. The Morgan fingerprint density at radius 3 is 2.06 bits per heavy atom. The third kappa shape index (κ3) is 6.88. The van der Waals surface area contributed by atoms with E-state index in [1.54, 1.807) is 4.90 Å². The largest absolute Gasteiger partial charge is 0.222 e. The quantitative estimate of drug-likeness (QED) is 0.553. The minimum atomic E-state index is -4.94. The van der Waals surface area contributed by atoms with Crippen LogP contribution in [0, 0.1) is 16.2 Å². The molecule has 1 fully saturated rings. The highest BCUT2D eigenvalue weighted by Gasteiger charge is 2.31. The fraction of sp³-hybridized carbons (Fsp3) is 0.455. The molecule has 0 aromatic heterocycles. The van der Waals surface area contributed by atoms with Crippen molar-refractivity contribution in [2.24, 2.45) is 5.92 Å². The Balaban J connectivity index is 0.000000249. The first-order chi connectivity index (χ1) is 7.86. The van der Waals surface area contributed by atoms with Crippen LogP contribution in [0.5, 0.6) is 0 Å². The maximum absolute atomic E-state index is 8.49. The van der Waals surface area contributed by atoms with Crippen LogP contribution in [0.2, 0.25) is 0 Å². The summed E-state index contributed by atoms with van der Waals surface area (Å²) in [6, 6.07) is 11.0. The lowest BCUT2D eigenvalue weighted by molar-refractivity contribution is -2.00. The van der Waals surface area contributed by atoms with E-state index < -0.39 is 10.2 Å². The molecule has 0 aliphatic carbocycles. The SMILES string of the molecule is C[C@@H]1CC[S+](c2ccccc2)C1.[O-][Cl+3]([O-])([O-])[O-]. The van der Waals surface area contributed by atoms with Crippen molar-refractivity contribution >= 4 is 10.9 Å². The summed E-state index contributed by atoms with van der Waals surface area (Å²) in [6.07, 6.45) is 1.43. The van der Waals surface area contributed by atoms with Gasteiger partial charge in [0, 0.05) is 16.8 Å².